The molecule has 0 aliphatic heterocycles. The standard InChI is InChI=1S/C9H14F4N4/c1-8(2,3)17-5(4-14)15-16-7(17)9(12,13)6(10)11/h6H,4,14H2,1-3H3. The van der Waals surface area contributed by atoms with Crippen molar-refractivity contribution in [2.75, 3.05) is 0 Å². The monoisotopic (exact) mass is 254 g/mol. The maximum Gasteiger partial charge on any atom is 0.365 e. The van der Waals surface area contributed by atoms with Gasteiger partial charge in [-0.05, 0) is 20.8 Å². The molecule has 98 valence electrons. The highest BCUT2D eigenvalue weighted by Crippen LogP contribution is 2.35. The molecule has 1 heterocycles. The largest absolute Gasteiger partial charge is 0.365 e. The van der Waals surface area contributed by atoms with Gasteiger partial charge in [0, 0.05) is 5.54 Å². The Morgan fingerprint density at radius 3 is 2.12 bits per heavy atom. The minimum absolute atomic E-state index is 0.0489. The molecule has 1 aromatic rings. The van der Waals surface area contributed by atoms with Crippen LogP contribution >= 0.6 is 0 Å². The van der Waals surface area contributed by atoms with Crippen LogP contribution in [0.4, 0.5) is 17.6 Å². The summed E-state index contributed by atoms with van der Waals surface area (Å²) in [5.74, 6) is -5.35. The third-order valence-corrected chi connectivity index (χ3v) is 2.16. The molecule has 1 aromatic heterocycles. The van der Waals surface area contributed by atoms with E-state index in [4.69, 9.17) is 5.73 Å². The Balaban J connectivity index is 3.41. The van der Waals surface area contributed by atoms with Gasteiger partial charge in [-0.2, -0.15) is 8.78 Å². The summed E-state index contributed by atoms with van der Waals surface area (Å²) in [6.07, 6.45) is -3.83. The van der Waals surface area contributed by atoms with Crippen molar-refractivity contribution in [1.29, 1.82) is 0 Å². The number of hydrogen-bond donors (Lipinski definition) is 1. The smallest absolute Gasteiger partial charge is 0.324 e. The number of alkyl halides is 4. The van der Waals surface area contributed by atoms with Crippen LogP contribution in [0, 0.1) is 0 Å². The van der Waals surface area contributed by atoms with E-state index in [2.05, 4.69) is 10.2 Å². The Morgan fingerprint density at radius 1 is 1.24 bits per heavy atom. The molecule has 0 aliphatic rings. The average molecular weight is 254 g/mol. The van der Waals surface area contributed by atoms with Crippen LogP contribution in [-0.2, 0) is 18.0 Å². The fraction of sp³-hybridized carbons (Fsp3) is 0.778. The number of hydrogen-bond acceptors (Lipinski definition) is 3. The van der Waals surface area contributed by atoms with Crippen LogP contribution in [0.3, 0.4) is 0 Å². The predicted octanol–water partition coefficient (Wildman–Crippen LogP) is 1.85. The molecule has 17 heavy (non-hydrogen) atoms. The van der Waals surface area contributed by atoms with E-state index in [1.54, 1.807) is 20.8 Å². The SMILES string of the molecule is CC(C)(C)n1c(CN)nnc1C(F)(F)C(F)F. The summed E-state index contributed by atoms with van der Waals surface area (Å²) in [5, 5.41) is 6.57. The van der Waals surface area contributed by atoms with Gasteiger partial charge >= 0.3 is 12.3 Å². The van der Waals surface area contributed by atoms with E-state index in [1.807, 2.05) is 0 Å². The molecule has 0 saturated carbocycles. The summed E-state index contributed by atoms with van der Waals surface area (Å²) in [6, 6.07) is 0. The van der Waals surface area contributed by atoms with E-state index in [0.717, 1.165) is 4.57 Å². The summed E-state index contributed by atoms with van der Waals surface area (Å²) >= 11 is 0. The van der Waals surface area contributed by atoms with Crippen molar-refractivity contribution >= 4 is 0 Å². The van der Waals surface area contributed by atoms with E-state index < -0.39 is 23.7 Å². The van der Waals surface area contributed by atoms with Gasteiger partial charge in [0.15, 0.2) is 0 Å². The molecule has 1 rings (SSSR count). The number of nitrogens with zero attached hydrogens (tertiary/aromatic N) is 3. The summed E-state index contributed by atoms with van der Waals surface area (Å²) in [5.41, 5.74) is 4.47. The quantitative estimate of drug-likeness (QED) is 0.837. The minimum atomic E-state index is -4.34. The molecule has 0 amide bonds. The lowest BCUT2D eigenvalue weighted by Crippen LogP contribution is -2.35. The summed E-state index contributed by atoms with van der Waals surface area (Å²) in [4.78, 5) is 0. The molecule has 0 atom stereocenters. The fourth-order valence-corrected chi connectivity index (χ4v) is 1.47. The van der Waals surface area contributed by atoms with Crippen molar-refractivity contribution < 1.29 is 17.6 Å². The first-order valence-electron chi connectivity index (χ1n) is 4.93. The van der Waals surface area contributed by atoms with E-state index in [9.17, 15) is 17.6 Å². The molecular formula is C9H14F4N4. The van der Waals surface area contributed by atoms with Gasteiger partial charge in [-0.25, -0.2) is 8.78 Å². The van der Waals surface area contributed by atoms with Crippen LogP contribution in [0.5, 0.6) is 0 Å². The number of halogens is 4. The van der Waals surface area contributed by atoms with E-state index >= 15 is 0 Å². The predicted molar refractivity (Wildman–Crippen MR) is 52.8 cm³/mol. The minimum Gasteiger partial charge on any atom is -0.324 e. The molecule has 8 heteroatoms. The topological polar surface area (TPSA) is 56.7 Å². The highest BCUT2D eigenvalue weighted by molar-refractivity contribution is 5.07. The summed E-state index contributed by atoms with van der Waals surface area (Å²) < 4.78 is 52.2. The maximum atomic E-state index is 13.3. The van der Waals surface area contributed by atoms with Crippen molar-refractivity contribution in [1.82, 2.24) is 14.8 Å². The molecule has 0 spiro atoms. The maximum absolute atomic E-state index is 13.3. The second kappa shape index (κ2) is 4.25. The van der Waals surface area contributed by atoms with Gasteiger partial charge in [-0.3, -0.25) is 0 Å². The molecule has 0 bridgehead atoms. The van der Waals surface area contributed by atoms with Gasteiger partial charge < -0.3 is 10.3 Å². The summed E-state index contributed by atoms with van der Waals surface area (Å²) in [6.45, 7) is 4.60. The van der Waals surface area contributed by atoms with Gasteiger partial charge in [-0.1, -0.05) is 0 Å². The lowest BCUT2D eigenvalue weighted by atomic mass is 10.1. The number of nitrogens with two attached hydrogens (primary N) is 1. The third kappa shape index (κ3) is 2.41. The zero-order valence-electron chi connectivity index (χ0n) is 9.72. The zero-order chi connectivity index (χ0) is 13.4. The van der Waals surface area contributed by atoms with Gasteiger partial charge in [0.25, 0.3) is 0 Å². The molecule has 4 nitrogen and oxygen atoms in total. The van der Waals surface area contributed by atoms with Crippen molar-refractivity contribution in [2.45, 2.75) is 45.2 Å². The van der Waals surface area contributed by atoms with Crippen molar-refractivity contribution in [2.24, 2.45) is 5.73 Å². The van der Waals surface area contributed by atoms with Crippen molar-refractivity contribution in [3.63, 3.8) is 0 Å². The Kier molecular flexibility index (Phi) is 3.47. The Labute approximate surface area is 95.8 Å². The first-order valence-corrected chi connectivity index (χ1v) is 4.93. The van der Waals surface area contributed by atoms with Crippen LogP contribution in [0.15, 0.2) is 0 Å². The molecule has 0 aliphatic carbocycles. The molecular weight excluding hydrogens is 240 g/mol. The van der Waals surface area contributed by atoms with E-state index in [1.165, 1.54) is 0 Å². The molecule has 0 unspecified atom stereocenters. The second-order valence-electron chi connectivity index (χ2n) is 4.57. The molecule has 0 saturated heterocycles. The fourth-order valence-electron chi connectivity index (χ4n) is 1.47. The van der Waals surface area contributed by atoms with Crippen LogP contribution in [0.2, 0.25) is 0 Å². The van der Waals surface area contributed by atoms with Gasteiger partial charge in [-0.15, -0.1) is 10.2 Å². The van der Waals surface area contributed by atoms with Crippen LogP contribution in [-0.4, -0.2) is 21.2 Å². The number of aromatic nitrogens is 3. The zero-order valence-corrected chi connectivity index (χ0v) is 9.72. The lowest BCUT2D eigenvalue weighted by molar-refractivity contribution is -0.144. The van der Waals surface area contributed by atoms with E-state index in [0.29, 0.717) is 0 Å². The van der Waals surface area contributed by atoms with Crippen LogP contribution in [0.1, 0.15) is 32.4 Å². The molecule has 0 radical (unpaired) electrons. The molecule has 2 N–H and O–H groups in total. The Hall–Kier alpha value is -1.18. The first-order chi connectivity index (χ1) is 7.62. The molecule has 0 aromatic carbocycles. The Morgan fingerprint density at radius 2 is 1.76 bits per heavy atom. The van der Waals surface area contributed by atoms with Gasteiger partial charge in [0.05, 0.1) is 6.54 Å². The van der Waals surface area contributed by atoms with E-state index in [-0.39, 0.29) is 12.4 Å². The molecule has 0 fully saturated rings. The summed E-state index contributed by atoms with van der Waals surface area (Å²) in [7, 11) is 0. The average Bonchev–Trinajstić information content (AvgIpc) is 2.60. The van der Waals surface area contributed by atoms with Crippen LogP contribution < -0.4 is 5.73 Å². The normalized spacial score (nSPS) is 13.5. The second-order valence-corrected chi connectivity index (χ2v) is 4.57. The van der Waals surface area contributed by atoms with Gasteiger partial charge in [0.2, 0.25) is 5.82 Å². The Bertz CT molecular complexity index is 394. The van der Waals surface area contributed by atoms with Crippen molar-refractivity contribution in [3.05, 3.63) is 11.6 Å². The highest BCUT2D eigenvalue weighted by Gasteiger charge is 2.49. The third-order valence-electron chi connectivity index (χ3n) is 2.16. The number of rotatable bonds is 3. The van der Waals surface area contributed by atoms with Crippen molar-refractivity contribution in [3.8, 4) is 0 Å². The highest BCUT2D eigenvalue weighted by atomic mass is 19.3. The lowest BCUT2D eigenvalue weighted by Gasteiger charge is -2.27. The van der Waals surface area contributed by atoms with Crippen LogP contribution in [0.25, 0.3) is 0 Å². The first kappa shape index (κ1) is 13.9. The van der Waals surface area contributed by atoms with Gasteiger partial charge in [0.1, 0.15) is 5.82 Å².